The zero-order chi connectivity index (χ0) is 19.0. The summed E-state index contributed by atoms with van der Waals surface area (Å²) in [5.74, 6) is -1.56. The monoisotopic (exact) mass is 363 g/mol. The van der Waals surface area contributed by atoms with E-state index in [1.54, 1.807) is 9.47 Å². The second-order valence-electron chi connectivity index (χ2n) is 6.58. The molecule has 0 radical (unpaired) electrons. The number of carbonyl (C=O) groups is 2. The van der Waals surface area contributed by atoms with Gasteiger partial charge in [0.05, 0.1) is 12.2 Å². The topological polar surface area (TPSA) is 119 Å². The Balaban J connectivity index is 1.78. The van der Waals surface area contributed by atoms with Crippen molar-refractivity contribution in [3.05, 3.63) is 27.2 Å². The minimum absolute atomic E-state index is 0.129. The molecule has 10 nitrogen and oxygen atoms in total. The van der Waals surface area contributed by atoms with Gasteiger partial charge in [-0.15, -0.1) is 0 Å². The van der Waals surface area contributed by atoms with Crippen LogP contribution in [-0.2, 0) is 30.2 Å². The van der Waals surface area contributed by atoms with Gasteiger partial charge in [0.25, 0.3) is 5.56 Å². The van der Waals surface area contributed by atoms with E-state index in [1.807, 2.05) is 0 Å². The summed E-state index contributed by atoms with van der Waals surface area (Å²) in [6.07, 6.45) is 2.81. The molecule has 1 amide bonds. The molecule has 3 heterocycles. The molecule has 1 atom stereocenters. The standard InChI is InChI=1S/C16H21N5O5/c1-18-13-12(14(23)19(2)16(18)26)21(9-17-13)7-5-11(22)20-6-3-4-10(8-20)15(24)25/h9-10H,3-8H2,1-2H3,(H,24,25). The largest absolute Gasteiger partial charge is 0.481 e. The highest BCUT2D eigenvalue weighted by molar-refractivity contribution is 5.78. The molecule has 10 heteroatoms. The average Bonchev–Trinajstić information content (AvgIpc) is 3.06. The van der Waals surface area contributed by atoms with Crippen LogP contribution in [0, 0.1) is 5.92 Å². The lowest BCUT2D eigenvalue weighted by Crippen LogP contribution is -2.42. The minimum atomic E-state index is -0.882. The van der Waals surface area contributed by atoms with Crippen LogP contribution in [0.1, 0.15) is 19.3 Å². The molecule has 0 aromatic carbocycles. The minimum Gasteiger partial charge on any atom is -0.481 e. The smallest absolute Gasteiger partial charge is 0.332 e. The molecule has 3 rings (SSSR count). The quantitative estimate of drug-likeness (QED) is 0.755. The summed E-state index contributed by atoms with van der Waals surface area (Å²) in [7, 11) is 2.93. The number of nitrogens with zero attached hydrogens (tertiary/aromatic N) is 5. The SMILES string of the molecule is Cn1c(=O)c2c(ncn2CCC(=O)N2CCCC(C(=O)O)C2)n(C)c1=O. The molecule has 26 heavy (non-hydrogen) atoms. The second-order valence-corrected chi connectivity index (χ2v) is 6.58. The fourth-order valence-corrected chi connectivity index (χ4v) is 3.35. The first-order valence-corrected chi connectivity index (χ1v) is 8.42. The number of likely N-dealkylation sites (tertiary alicyclic amines) is 1. The summed E-state index contributed by atoms with van der Waals surface area (Å²) in [6.45, 7) is 0.996. The van der Waals surface area contributed by atoms with E-state index >= 15 is 0 Å². The summed E-state index contributed by atoms with van der Waals surface area (Å²) in [5.41, 5.74) is -0.382. The van der Waals surface area contributed by atoms with Gasteiger partial charge in [-0.25, -0.2) is 9.78 Å². The van der Waals surface area contributed by atoms with Crippen LogP contribution in [0.2, 0.25) is 0 Å². The lowest BCUT2D eigenvalue weighted by molar-refractivity contribution is -0.145. The number of aliphatic carboxylic acids is 1. The van der Waals surface area contributed by atoms with E-state index in [0.29, 0.717) is 19.4 Å². The van der Waals surface area contributed by atoms with Crippen LogP contribution in [0.15, 0.2) is 15.9 Å². The molecule has 0 aliphatic carbocycles. The first kappa shape index (κ1) is 17.9. The van der Waals surface area contributed by atoms with Crippen molar-refractivity contribution in [3.8, 4) is 0 Å². The Kier molecular flexibility index (Phi) is 4.66. The molecule has 140 valence electrons. The summed E-state index contributed by atoms with van der Waals surface area (Å²) < 4.78 is 3.86. The summed E-state index contributed by atoms with van der Waals surface area (Å²) >= 11 is 0. The lowest BCUT2D eigenvalue weighted by Gasteiger charge is -2.30. The molecule has 1 saturated heterocycles. The highest BCUT2D eigenvalue weighted by Crippen LogP contribution is 2.17. The Morgan fingerprint density at radius 1 is 1.27 bits per heavy atom. The van der Waals surface area contributed by atoms with Crippen LogP contribution in [0.3, 0.4) is 0 Å². The third-order valence-electron chi connectivity index (χ3n) is 4.91. The number of aromatic nitrogens is 4. The van der Waals surface area contributed by atoms with E-state index in [0.717, 1.165) is 4.57 Å². The summed E-state index contributed by atoms with van der Waals surface area (Å²) in [6, 6.07) is 0. The normalized spacial score (nSPS) is 17.6. The number of amides is 1. The average molecular weight is 363 g/mol. The van der Waals surface area contributed by atoms with Gasteiger partial charge in [-0.3, -0.25) is 23.5 Å². The number of piperidine rings is 1. The van der Waals surface area contributed by atoms with E-state index in [9.17, 15) is 19.2 Å². The van der Waals surface area contributed by atoms with E-state index in [-0.39, 0.29) is 36.6 Å². The van der Waals surface area contributed by atoms with Crippen LogP contribution in [0.25, 0.3) is 11.2 Å². The number of carboxylic acids is 1. The number of carboxylic acid groups (broad SMARTS) is 1. The Morgan fingerprint density at radius 2 is 2.00 bits per heavy atom. The number of fused-ring (bicyclic) bond motifs is 1. The Hall–Kier alpha value is -2.91. The molecular weight excluding hydrogens is 342 g/mol. The van der Waals surface area contributed by atoms with Crippen LogP contribution in [-0.4, -0.2) is 53.7 Å². The molecule has 1 unspecified atom stereocenters. The van der Waals surface area contributed by atoms with Crippen LogP contribution in [0.5, 0.6) is 0 Å². The van der Waals surface area contributed by atoms with Crippen molar-refractivity contribution in [2.24, 2.45) is 20.0 Å². The van der Waals surface area contributed by atoms with Gasteiger partial charge in [0.1, 0.15) is 0 Å². The maximum atomic E-state index is 12.4. The highest BCUT2D eigenvalue weighted by atomic mass is 16.4. The van der Waals surface area contributed by atoms with Gasteiger partial charge in [0, 0.05) is 40.2 Å². The predicted molar refractivity (Wildman–Crippen MR) is 91.8 cm³/mol. The van der Waals surface area contributed by atoms with Crippen molar-refractivity contribution in [3.63, 3.8) is 0 Å². The van der Waals surface area contributed by atoms with Crippen molar-refractivity contribution >= 4 is 23.0 Å². The van der Waals surface area contributed by atoms with Gasteiger partial charge >= 0.3 is 11.7 Å². The molecule has 0 spiro atoms. The van der Waals surface area contributed by atoms with Crippen molar-refractivity contribution in [1.82, 2.24) is 23.6 Å². The van der Waals surface area contributed by atoms with Crippen molar-refractivity contribution in [1.29, 1.82) is 0 Å². The second kappa shape index (κ2) is 6.77. The number of aryl methyl sites for hydroxylation is 2. The predicted octanol–water partition coefficient (Wildman–Crippen LogP) is -0.853. The van der Waals surface area contributed by atoms with Gasteiger partial charge in [-0.1, -0.05) is 0 Å². The molecule has 0 bridgehead atoms. The van der Waals surface area contributed by atoms with Crippen molar-refractivity contribution in [2.45, 2.75) is 25.8 Å². The zero-order valence-corrected chi connectivity index (χ0v) is 14.7. The van der Waals surface area contributed by atoms with Gasteiger partial charge in [0.15, 0.2) is 11.2 Å². The van der Waals surface area contributed by atoms with Crippen LogP contribution in [0.4, 0.5) is 0 Å². The third-order valence-corrected chi connectivity index (χ3v) is 4.91. The first-order valence-electron chi connectivity index (χ1n) is 8.42. The van der Waals surface area contributed by atoms with E-state index in [1.165, 1.54) is 25.0 Å². The van der Waals surface area contributed by atoms with Crippen molar-refractivity contribution < 1.29 is 14.7 Å². The number of hydrogen-bond donors (Lipinski definition) is 1. The molecule has 1 N–H and O–H groups in total. The molecule has 1 fully saturated rings. The maximum absolute atomic E-state index is 12.4. The molecule has 0 saturated carbocycles. The third kappa shape index (κ3) is 3.02. The fourth-order valence-electron chi connectivity index (χ4n) is 3.35. The number of rotatable bonds is 4. The lowest BCUT2D eigenvalue weighted by atomic mass is 9.98. The number of imidazole rings is 1. The first-order chi connectivity index (χ1) is 12.3. The van der Waals surface area contributed by atoms with Gasteiger partial charge in [-0.2, -0.15) is 0 Å². The zero-order valence-electron chi connectivity index (χ0n) is 14.7. The highest BCUT2D eigenvalue weighted by Gasteiger charge is 2.28. The van der Waals surface area contributed by atoms with E-state index in [2.05, 4.69) is 4.98 Å². The molecular formula is C16H21N5O5. The Labute approximate surface area is 148 Å². The summed E-state index contributed by atoms with van der Waals surface area (Å²) in [4.78, 5) is 53.6. The van der Waals surface area contributed by atoms with Crippen LogP contribution < -0.4 is 11.2 Å². The molecule has 2 aromatic heterocycles. The maximum Gasteiger partial charge on any atom is 0.332 e. The van der Waals surface area contributed by atoms with Gasteiger partial charge < -0.3 is 14.6 Å². The van der Waals surface area contributed by atoms with E-state index in [4.69, 9.17) is 5.11 Å². The van der Waals surface area contributed by atoms with E-state index < -0.39 is 23.1 Å². The number of hydrogen-bond acceptors (Lipinski definition) is 5. The Morgan fingerprint density at radius 3 is 2.69 bits per heavy atom. The Bertz CT molecular complexity index is 985. The molecule has 2 aromatic rings. The van der Waals surface area contributed by atoms with Crippen LogP contribution >= 0.6 is 0 Å². The number of carbonyl (C=O) groups excluding carboxylic acids is 1. The fraction of sp³-hybridized carbons (Fsp3) is 0.562. The molecule has 1 aliphatic rings. The van der Waals surface area contributed by atoms with Gasteiger partial charge in [-0.05, 0) is 12.8 Å². The molecule has 1 aliphatic heterocycles. The summed E-state index contributed by atoms with van der Waals surface area (Å²) in [5, 5.41) is 9.13. The van der Waals surface area contributed by atoms with Gasteiger partial charge in [0.2, 0.25) is 5.91 Å². The van der Waals surface area contributed by atoms with Crippen molar-refractivity contribution in [2.75, 3.05) is 13.1 Å².